The van der Waals surface area contributed by atoms with E-state index in [0.717, 1.165) is 0 Å². The number of rotatable bonds is 16. The second-order valence-corrected chi connectivity index (χ2v) is 11.4. The van der Waals surface area contributed by atoms with E-state index in [9.17, 15) is 38.4 Å². The van der Waals surface area contributed by atoms with Crippen LogP contribution in [0.4, 0.5) is 0 Å². The molecule has 5 atom stereocenters. The predicted molar refractivity (Wildman–Crippen MR) is 162 cm³/mol. The van der Waals surface area contributed by atoms with E-state index in [1.165, 1.54) is 38.2 Å². The van der Waals surface area contributed by atoms with E-state index in [2.05, 4.69) is 41.9 Å². The summed E-state index contributed by atoms with van der Waals surface area (Å²) in [6.45, 7) is 6.93. The lowest BCUT2D eigenvalue weighted by molar-refractivity contribution is -0.139. The van der Waals surface area contributed by atoms with Gasteiger partial charge in [-0.05, 0) is 32.6 Å². The van der Waals surface area contributed by atoms with Gasteiger partial charge in [-0.15, -0.1) is 0 Å². The maximum Gasteiger partial charge on any atom is 0.243 e. The van der Waals surface area contributed by atoms with Gasteiger partial charge in [-0.2, -0.15) is 0 Å². The van der Waals surface area contributed by atoms with Gasteiger partial charge in [-0.25, -0.2) is 4.98 Å². The standard InChI is InChI=1S/C28H44N10O8/c1-14(2)23(36-17(5)39)28(46)37-19(9-18-10-30-13-33-18)26(44)35-16(4)25(43)32-12-22(41)38-8-6-7-20(38)27(45)31-11-21(40)34-15(3)24(29)42/h10,13-16,19-20,23H,6-9,11-12H2,1-5H3,(H2,29,42)(H,30,33)(H,31,45)(H,32,43)(H,34,40)(H,35,44)(H,36,39)(H,37,46)/t15-,16-,19-,20-,23-/m0/s1. The van der Waals surface area contributed by atoms with E-state index in [0.29, 0.717) is 18.5 Å². The smallest absolute Gasteiger partial charge is 0.243 e. The molecule has 1 aromatic rings. The first-order chi connectivity index (χ1) is 21.6. The van der Waals surface area contributed by atoms with Gasteiger partial charge >= 0.3 is 0 Å². The van der Waals surface area contributed by atoms with E-state index >= 15 is 0 Å². The molecule has 0 aromatic carbocycles. The minimum Gasteiger partial charge on any atom is -0.368 e. The van der Waals surface area contributed by atoms with Gasteiger partial charge in [0.1, 0.15) is 30.2 Å². The number of hydrogen-bond donors (Lipinski definition) is 8. The molecule has 46 heavy (non-hydrogen) atoms. The number of nitrogens with one attached hydrogen (secondary N) is 7. The van der Waals surface area contributed by atoms with Crippen LogP contribution in [0.25, 0.3) is 0 Å². The summed E-state index contributed by atoms with van der Waals surface area (Å²) in [6, 6.07) is -4.93. The Bertz CT molecular complexity index is 1280. The van der Waals surface area contributed by atoms with Crippen LogP contribution in [0.1, 0.15) is 53.2 Å². The molecule has 0 unspecified atom stereocenters. The highest BCUT2D eigenvalue weighted by atomic mass is 16.2. The minimum absolute atomic E-state index is 0.0134. The third kappa shape index (κ3) is 11.5. The number of primary amides is 1. The molecular weight excluding hydrogens is 604 g/mol. The Morgan fingerprint density at radius 3 is 2.20 bits per heavy atom. The van der Waals surface area contributed by atoms with Gasteiger partial charge in [0.25, 0.3) is 0 Å². The molecule has 8 amide bonds. The molecule has 1 aliphatic rings. The highest BCUT2D eigenvalue weighted by molar-refractivity contribution is 5.96. The van der Waals surface area contributed by atoms with Gasteiger partial charge in [-0.3, -0.25) is 38.4 Å². The fourth-order valence-corrected chi connectivity index (χ4v) is 4.62. The van der Waals surface area contributed by atoms with Crippen LogP contribution < -0.4 is 37.6 Å². The number of aromatic nitrogens is 2. The molecule has 0 aliphatic carbocycles. The summed E-state index contributed by atoms with van der Waals surface area (Å²) < 4.78 is 0. The Hall–Kier alpha value is -5.03. The van der Waals surface area contributed by atoms with Crippen LogP contribution in [0.5, 0.6) is 0 Å². The quantitative estimate of drug-likeness (QED) is 0.0876. The van der Waals surface area contributed by atoms with Crippen molar-refractivity contribution in [3.05, 3.63) is 18.2 Å². The van der Waals surface area contributed by atoms with Crippen molar-refractivity contribution in [1.29, 1.82) is 0 Å². The molecule has 9 N–H and O–H groups in total. The molecule has 2 heterocycles. The van der Waals surface area contributed by atoms with Crippen molar-refractivity contribution in [2.45, 2.75) is 84.1 Å². The average molecular weight is 649 g/mol. The van der Waals surface area contributed by atoms with E-state index in [4.69, 9.17) is 5.73 Å². The number of aromatic amines is 1. The van der Waals surface area contributed by atoms with Crippen molar-refractivity contribution in [3.8, 4) is 0 Å². The number of nitrogens with two attached hydrogens (primary N) is 1. The molecule has 1 aliphatic heterocycles. The van der Waals surface area contributed by atoms with Crippen LogP contribution >= 0.6 is 0 Å². The van der Waals surface area contributed by atoms with Gasteiger partial charge in [-0.1, -0.05) is 13.8 Å². The first kappa shape index (κ1) is 37.2. The first-order valence-electron chi connectivity index (χ1n) is 14.9. The number of hydrogen-bond acceptors (Lipinski definition) is 9. The van der Waals surface area contributed by atoms with Crippen LogP contribution in [0.3, 0.4) is 0 Å². The highest BCUT2D eigenvalue weighted by Crippen LogP contribution is 2.17. The van der Waals surface area contributed by atoms with E-state index in [1.54, 1.807) is 13.8 Å². The molecular formula is C28H44N10O8. The summed E-state index contributed by atoms with van der Waals surface area (Å²) in [6.07, 6.45) is 3.77. The van der Waals surface area contributed by atoms with E-state index in [-0.39, 0.29) is 18.9 Å². The van der Waals surface area contributed by atoms with Crippen LogP contribution in [0.2, 0.25) is 0 Å². The zero-order valence-electron chi connectivity index (χ0n) is 26.6. The molecule has 18 heteroatoms. The summed E-state index contributed by atoms with van der Waals surface area (Å²) in [5, 5.41) is 14.9. The monoisotopic (exact) mass is 648 g/mol. The van der Waals surface area contributed by atoms with Crippen molar-refractivity contribution >= 4 is 47.3 Å². The van der Waals surface area contributed by atoms with E-state index in [1.807, 2.05) is 0 Å². The molecule has 254 valence electrons. The van der Waals surface area contributed by atoms with Crippen LogP contribution in [0, 0.1) is 5.92 Å². The predicted octanol–water partition coefficient (Wildman–Crippen LogP) is -3.68. The van der Waals surface area contributed by atoms with Crippen molar-refractivity contribution in [2.75, 3.05) is 19.6 Å². The molecule has 0 bridgehead atoms. The second kappa shape index (κ2) is 17.5. The normalized spacial score (nSPS) is 16.7. The Labute approximate surface area is 266 Å². The number of nitrogens with zero attached hydrogens (tertiary/aromatic N) is 2. The third-order valence-electron chi connectivity index (χ3n) is 7.19. The molecule has 0 spiro atoms. The number of imidazole rings is 1. The lowest BCUT2D eigenvalue weighted by Gasteiger charge is -2.26. The maximum absolute atomic E-state index is 13.2. The fourth-order valence-electron chi connectivity index (χ4n) is 4.62. The topological polar surface area (TPSA) is 267 Å². The molecule has 18 nitrogen and oxygen atoms in total. The summed E-state index contributed by atoms with van der Waals surface area (Å²) >= 11 is 0. The number of amides is 8. The molecule has 1 saturated heterocycles. The summed E-state index contributed by atoms with van der Waals surface area (Å²) in [5.74, 6) is -5.12. The van der Waals surface area contributed by atoms with Crippen molar-refractivity contribution in [3.63, 3.8) is 0 Å². The van der Waals surface area contributed by atoms with Crippen LogP contribution in [-0.2, 0) is 44.8 Å². The Kier molecular flexibility index (Phi) is 14.1. The summed E-state index contributed by atoms with van der Waals surface area (Å²) in [4.78, 5) is 107. The number of carbonyl (C=O) groups excluding carboxylic acids is 8. The second-order valence-electron chi connectivity index (χ2n) is 11.4. The maximum atomic E-state index is 13.2. The first-order valence-corrected chi connectivity index (χ1v) is 14.9. The number of H-pyrrole nitrogens is 1. The molecule has 0 saturated carbocycles. The fraction of sp³-hybridized carbons (Fsp3) is 0.607. The van der Waals surface area contributed by atoms with Gasteiger partial charge in [0.05, 0.1) is 19.4 Å². The molecule has 0 radical (unpaired) electrons. The van der Waals surface area contributed by atoms with Gasteiger partial charge in [0, 0.05) is 31.8 Å². The van der Waals surface area contributed by atoms with Gasteiger partial charge in [0.2, 0.25) is 47.3 Å². The number of likely N-dealkylation sites (tertiary alicyclic amines) is 1. The lowest BCUT2D eigenvalue weighted by atomic mass is 10.0. The largest absolute Gasteiger partial charge is 0.368 e. The van der Waals surface area contributed by atoms with Crippen molar-refractivity contribution in [1.82, 2.24) is 46.8 Å². The molecule has 1 aromatic heterocycles. The molecule has 2 rings (SSSR count). The zero-order chi connectivity index (χ0) is 34.6. The third-order valence-corrected chi connectivity index (χ3v) is 7.19. The highest BCUT2D eigenvalue weighted by Gasteiger charge is 2.35. The zero-order valence-corrected chi connectivity index (χ0v) is 26.6. The molecule has 1 fully saturated rings. The van der Waals surface area contributed by atoms with Crippen LogP contribution in [-0.4, -0.2) is 112 Å². The van der Waals surface area contributed by atoms with Crippen molar-refractivity contribution in [2.24, 2.45) is 11.7 Å². The minimum atomic E-state index is -1.13. The lowest BCUT2D eigenvalue weighted by Crippen LogP contribution is -2.58. The van der Waals surface area contributed by atoms with E-state index < -0.39 is 90.6 Å². The van der Waals surface area contributed by atoms with Gasteiger partial charge in [0.15, 0.2) is 0 Å². The Morgan fingerprint density at radius 2 is 1.61 bits per heavy atom. The van der Waals surface area contributed by atoms with Crippen LogP contribution in [0.15, 0.2) is 12.5 Å². The van der Waals surface area contributed by atoms with Crippen molar-refractivity contribution < 1.29 is 38.4 Å². The SMILES string of the molecule is CC(=O)N[C@H](C(=O)N[C@@H](Cc1cnc[nH]1)C(=O)N[C@@H](C)C(=O)NCC(=O)N1CCC[C@H]1C(=O)NCC(=O)N[C@@H](C)C(N)=O)C(C)C. The summed E-state index contributed by atoms with van der Waals surface area (Å²) in [7, 11) is 0. The Balaban J connectivity index is 1.95. The Morgan fingerprint density at radius 1 is 0.913 bits per heavy atom. The summed E-state index contributed by atoms with van der Waals surface area (Å²) in [5.41, 5.74) is 5.64. The van der Waals surface area contributed by atoms with Gasteiger partial charge < -0.3 is 47.5 Å². The average Bonchev–Trinajstić information content (AvgIpc) is 3.69. The number of carbonyl (C=O) groups is 8.